The second-order valence-corrected chi connectivity index (χ2v) is 3.35. The fourth-order valence-corrected chi connectivity index (χ4v) is 1.43. The first kappa shape index (κ1) is 7.97. The normalized spacial score (nSPS) is 44.2. The third kappa shape index (κ3) is 1.01. The van der Waals surface area contributed by atoms with Crippen LogP contribution in [0.15, 0.2) is 0 Å². The van der Waals surface area contributed by atoms with Crippen molar-refractivity contribution in [3.05, 3.63) is 0 Å². The number of hydrogen-bond donors (Lipinski definition) is 1. The highest BCUT2D eigenvalue weighted by Gasteiger charge is 2.55. The van der Waals surface area contributed by atoms with Gasteiger partial charge in [-0.25, -0.2) is 4.79 Å². The second kappa shape index (κ2) is 2.18. The lowest BCUT2D eigenvalue weighted by molar-refractivity contribution is -0.209. The third-order valence-electron chi connectivity index (χ3n) is 1.88. The molecule has 0 aliphatic carbocycles. The minimum atomic E-state index is -1.19. The van der Waals surface area contributed by atoms with E-state index < -0.39 is 30.3 Å². The molecular formula is C7H10O5. The molecule has 0 aromatic carbocycles. The molecule has 2 rings (SSSR count). The molecule has 2 aliphatic heterocycles. The van der Waals surface area contributed by atoms with Crippen molar-refractivity contribution in [2.24, 2.45) is 0 Å². The molecule has 3 atom stereocenters. The van der Waals surface area contributed by atoms with Crippen molar-refractivity contribution in [2.45, 2.75) is 38.1 Å². The average molecular weight is 174 g/mol. The quantitative estimate of drug-likeness (QED) is 0.496. The van der Waals surface area contributed by atoms with Gasteiger partial charge in [-0.1, -0.05) is 0 Å². The van der Waals surface area contributed by atoms with Crippen molar-refractivity contribution in [1.29, 1.82) is 0 Å². The maximum Gasteiger partial charge on any atom is 0.340 e. The van der Waals surface area contributed by atoms with Crippen molar-refractivity contribution < 1.29 is 24.1 Å². The molecule has 0 aromatic heterocycles. The van der Waals surface area contributed by atoms with Crippen molar-refractivity contribution in [1.82, 2.24) is 0 Å². The first-order valence-corrected chi connectivity index (χ1v) is 3.74. The van der Waals surface area contributed by atoms with Gasteiger partial charge in [-0.15, -0.1) is 0 Å². The molecule has 0 spiro atoms. The van der Waals surface area contributed by atoms with Crippen molar-refractivity contribution in [3.63, 3.8) is 0 Å². The van der Waals surface area contributed by atoms with Gasteiger partial charge >= 0.3 is 5.97 Å². The van der Waals surface area contributed by atoms with Crippen LogP contribution in [0.3, 0.4) is 0 Å². The Hall–Kier alpha value is -0.650. The number of fused-ring (bicyclic) bond motifs is 1. The highest BCUT2D eigenvalue weighted by Crippen LogP contribution is 2.34. The molecule has 12 heavy (non-hydrogen) atoms. The molecule has 0 unspecified atom stereocenters. The Labute approximate surface area is 69.2 Å². The lowest BCUT2D eigenvalue weighted by Gasteiger charge is -2.18. The van der Waals surface area contributed by atoms with Gasteiger partial charge in [0.25, 0.3) is 0 Å². The van der Waals surface area contributed by atoms with Crippen LogP contribution in [0.5, 0.6) is 0 Å². The van der Waals surface area contributed by atoms with Gasteiger partial charge in [-0.2, -0.15) is 0 Å². The molecular weight excluding hydrogens is 164 g/mol. The Morgan fingerprint density at radius 2 is 2.08 bits per heavy atom. The molecule has 5 nitrogen and oxygen atoms in total. The molecule has 5 heteroatoms. The molecule has 2 aliphatic rings. The monoisotopic (exact) mass is 174 g/mol. The zero-order chi connectivity index (χ0) is 8.93. The van der Waals surface area contributed by atoms with E-state index in [-0.39, 0.29) is 0 Å². The van der Waals surface area contributed by atoms with E-state index in [1.54, 1.807) is 13.8 Å². The van der Waals surface area contributed by atoms with Crippen LogP contribution < -0.4 is 0 Å². The molecule has 0 bridgehead atoms. The predicted molar refractivity (Wildman–Crippen MR) is 35.9 cm³/mol. The van der Waals surface area contributed by atoms with E-state index in [9.17, 15) is 4.79 Å². The maximum atomic E-state index is 11.0. The number of hydrogen-bond acceptors (Lipinski definition) is 5. The van der Waals surface area contributed by atoms with E-state index in [1.807, 2.05) is 0 Å². The Morgan fingerprint density at radius 1 is 1.42 bits per heavy atom. The zero-order valence-corrected chi connectivity index (χ0v) is 6.81. The molecule has 2 saturated heterocycles. The summed E-state index contributed by atoms with van der Waals surface area (Å²) < 4.78 is 14.9. The molecule has 1 N–H and O–H groups in total. The molecule has 0 amide bonds. The summed E-state index contributed by atoms with van der Waals surface area (Å²) in [6, 6.07) is 0. The highest BCUT2D eigenvalue weighted by atomic mass is 16.8. The summed E-state index contributed by atoms with van der Waals surface area (Å²) in [4.78, 5) is 11.0. The molecule has 0 saturated carbocycles. The summed E-state index contributed by atoms with van der Waals surface area (Å²) in [7, 11) is 0. The summed E-state index contributed by atoms with van der Waals surface area (Å²) >= 11 is 0. The van der Waals surface area contributed by atoms with Crippen LogP contribution in [-0.2, 0) is 19.0 Å². The van der Waals surface area contributed by atoms with Crippen molar-refractivity contribution in [3.8, 4) is 0 Å². The van der Waals surface area contributed by atoms with E-state index in [0.29, 0.717) is 0 Å². The van der Waals surface area contributed by atoms with Gasteiger partial charge in [-0.3, -0.25) is 0 Å². The van der Waals surface area contributed by atoms with Crippen LogP contribution >= 0.6 is 0 Å². The number of cyclic esters (lactones) is 1. The van der Waals surface area contributed by atoms with Gasteiger partial charge in [0.2, 0.25) is 6.29 Å². The van der Waals surface area contributed by atoms with E-state index in [2.05, 4.69) is 4.74 Å². The Morgan fingerprint density at radius 3 is 2.67 bits per heavy atom. The number of aliphatic hydroxyl groups is 1. The first-order chi connectivity index (χ1) is 5.49. The second-order valence-electron chi connectivity index (χ2n) is 3.35. The summed E-state index contributed by atoms with van der Waals surface area (Å²) in [5.74, 6) is -1.37. The van der Waals surface area contributed by atoms with E-state index in [4.69, 9.17) is 14.6 Å². The van der Waals surface area contributed by atoms with E-state index in [0.717, 1.165) is 0 Å². The Kier molecular flexibility index (Phi) is 1.45. The number of rotatable bonds is 0. The van der Waals surface area contributed by atoms with Crippen LogP contribution in [0, 0.1) is 0 Å². The van der Waals surface area contributed by atoms with E-state index >= 15 is 0 Å². The van der Waals surface area contributed by atoms with Crippen LogP contribution in [-0.4, -0.2) is 35.4 Å². The summed E-state index contributed by atoms with van der Waals surface area (Å²) in [6.45, 7) is 3.37. The van der Waals surface area contributed by atoms with Gasteiger partial charge in [0.15, 0.2) is 18.0 Å². The minimum absolute atomic E-state index is 0.557. The van der Waals surface area contributed by atoms with Crippen LogP contribution in [0.4, 0.5) is 0 Å². The Balaban J connectivity index is 2.20. The zero-order valence-electron chi connectivity index (χ0n) is 6.81. The lowest BCUT2D eigenvalue weighted by atomic mass is 10.2. The molecule has 2 fully saturated rings. The average Bonchev–Trinajstić information content (AvgIpc) is 2.34. The number of carbonyl (C=O) groups is 1. The lowest BCUT2D eigenvalue weighted by Crippen LogP contribution is -2.29. The standard InChI is InChI=1S/C7H10O5/c1-7(2)11-3-4(12-7)6(9)10-5(3)8/h3-5,8H,1-2H3/t3-,4+,5-/m1/s1. The van der Waals surface area contributed by atoms with Gasteiger partial charge in [0, 0.05) is 0 Å². The topological polar surface area (TPSA) is 65.0 Å². The minimum Gasteiger partial charge on any atom is -0.431 e. The van der Waals surface area contributed by atoms with Crippen LogP contribution in [0.1, 0.15) is 13.8 Å². The Bertz CT molecular complexity index is 224. The fourth-order valence-electron chi connectivity index (χ4n) is 1.43. The van der Waals surface area contributed by atoms with E-state index in [1.165, 1.54) is 0 Å². The number of ether oxygens (including phenoxy) is 3. The first-order valence-electron chi connectivity index (χ1n) is 3.74. The van der Waals surface area contributed by atoms with Gasteiger partial charge < -0.3 is 19.3 Å². The summed E-state index contributed by atoms with van der Waals surface area (Å²) in [6.07, 6.45) is -2.63. The number of carbonyl (C=O) groups excluding carboxylic acids is 1. The van der Waals surface area contributed by atoms with Gasteiger partial charge in [0.05, 0.1) is 0 Å². The molecule has 68 valence electrons. The van der Waals surface area contributed by atoms with Crippen molar-refractivity contribution in [2.75, 3.05) is 0 Å². The van der Waals surface area contributed by atoms with Gasteiger partial charge in [0.1, 0.15) is 0 Å². The summed E-state index contributed by atoms with van der Waals surface area (Å²) in [5.41, 5.74) is 0. The number of esters is 1. The van der Waals surface area contributed by atoms with Crippen LogP contribution in [0.2, 0.25) is 0 Å². The fraction of sp³-hybridized carbons (Fsp3) is 0.857. The highest BCUT2D eigenvalue weighted by molar-refractivity contribution is 5.78. The van der Waals surface area contributed by atoms with Gasteiger partial charge in [-0.05, 0) is 13.8 Å². The SMILES string of the molecule is CC1(C)O[C@H]2[C@H](O)OC(=O)[C@H]2O1. The third-order valence-corrected chi connectivity index (χ3v) is 1.88. The summed E-state index contributed by atoms with van der Waals surface area (Å²) in [5, 5.41) is 9.15. The predicted octanol–water partition coefficient (Wildman–Crippen LogP) is -0.618. The van der Waals surface area contributed by atoms with Crippen LogP contribution in [0.25, 0.3) is 0 Å². The maximum absolute atomic E-state index is 11.0. The van der Waals surface area contributed by atoms with Crippen molar-refractivity contribution >= 4 is 5.97 Å². The molecule has 0 radical (unpaired) electrons. The number of aliphatic hydroxyl groups excluding tert-OH is 1. The molecule has 2 heterocycles. The largest absolute Gasteiger partial charge is 0.431 e. The smallest absolute Gasteiger partial charge is 0.340 e. The molecule has 0 aromatic rings.